The summed E-state index contributed by atoms with van der Waals surface area (Å²) in [6, 6.07) is 3.63. The Labute approximate surface area is 97.6 Å². The normalized spacial score (nSPS) is 9.25. The minimum atomic E-state index is -0.527. The Hall–Kier alpha value is 0.326. The maximum absolute atomic E-state index is 12.8. The molecule has 12 heavy (non-hydrogen) atoms. The van der Waals surface area contributed by atoms with Gasteiger partial charge in [0.1, 0.15) is 11.6 Å². The van der Waals surface area contributed by atoms with E-state index < -0.39 is 11.6 Å². The van der Waals surface area contributed by atoms with E-state index in [9.17, 15) is 8.78 Å². The number of aryl methyl sites for hydroxylation is 1. The monoisotopic (exact) mass is 246 g/mol. The van der Waals surface area contributed by atoms with Crippen LogP contribution in [0.2, 0.25) is 0 Å². The van der Waals surface area contributed by atoms with Crippen LogP contribution in [0.1, 0.15) is 8.42 Å². The summed E-state index contributed by atoms with van der Waals surface area (Å²) in [6.07, 6.45) is 0.589. The van der Waals surface area contributed by atoms with Gasteiger partial charge in [-0.05, 0) is 18.1 Å². The zero-order valence-corrected chi connectivity index (χ0v) is 9.49. The molecule has 0 heterocycles. The van der Waals surface area contributed by atoms with Crippen LogP contribution in [0.3, 0.4) is 0 Å². The van der Waals surface area contributed by atoms with Crippen LogP contribution in [0.4, 0.5) is 8.78 Å². The van der Waals surface area contributed by atoms with E-state index in [1.807, 2.05) is 0 Å². The Balaban J connectivity index is -0.000000403. The summed E-state index contributed by atoms with van der Waals surface area (Å²) in [5, 5.41) is 0.690. The number of alkyl halides is 1. The molecule has 0 saturated carbocycles. The van der Waals surface area contributed by atoms with Gasteiger partial charge in [-0.3, -0.25) is 0 Å². The van der Waals surface area contributed by atoms with E-state index in [0.717, 1.165) is 6.07 Å². The third-order valence-electron chi connectivity index (χ3n) is 1.38. The first kappa shape index (κ1) is 12.3. The molecule has 1 aromatic rings. The first-order valence-corrected chi connectivity index (χ1v) is 4.36. The fraction of sp³-hybridized carbons (Fsp3) is 0.250. The van der Waals surface area contributed by atoms with Crippen molar-refractivity contribution < 1.29 is 11.6 Å². The maximum atomic E-state index is 12.8. The minimum absolute atomic E-state index is 0. The van der Waals surface area contributed by atoms with Gasteiger partial charge in [0, 0.05) is 11.4 Å². The van der Waals surface area contributed by atoms with Gasteiger partial charge in [-0.25, -0.2) is 8.78 Å². The third kappa shape index (κ3) is 3.37. The molecular weight excluding hydrogens is 238 g/mol. The predicted molar refractivity (Wildman–Crippen MR) is 51.8 cm³/mol. The van der Waals surface area contributed by atoms with Crippen molar-refractivity contribution in [2.75, 3.05) is 5.33 Å². The summed E-state index contributed by atoms with van der Waals surface area (Å²) in [5.74, 6) is -0.995. The van der Waals surface area contributed by atoms with Gasteiger partial charge in [-0.2, -0.15) is 0 Å². The van der Waals surface area contributed by atoms with E-state index >= 15 is 0 Å². The fourth-order valence-corrected chi connectivity index (χ4v) is 1.25. The van der Waals surface area contributed by atoms with Crippen LogP contribution in [0.5, 0.6) is 0 Å². The smallest absolute Gasteiger partial charge is 1.00 e. The van der Waals surface area contributed by atoms with Crippen molar-refractivity contribution in [3.63, 3.8) is 0 Å². The van der Waals surface area contributed by atoms with Crippen LogP contribution < -0.4 is 0 Å². The van der Waals surface area contributed by atoms with E-state index in [0.29, 0.717) is 17.3 Å². The van der Waals surface area contributed by atoms with Crippen LogP contribution in [-0.4, -0.2) is 28.4 Å². The Bertz CT molecular complexity index is 261. The Morgan fingerprint density at radius 3 is 2.50 bits per heavy atom. The molecular formula is C8H9BrF2Mg. The SMILES string of the molecule is Fc1ccc(CCBr)c(F)c1.[H-].[H-].[Mg+2]. The molecule has 0 aliphatic carbocycles. The summed E-state index contributed by atoms with van der Waals surface area (Å²) in [4.78, 5) is 0. The van der Waals surface area contributed by atoms with Crippen molar-refractivity contribution in [2.24, 2.45) is 0 Å². The first-order valence-electron chi connectivity index (χ1n) is 3.24. The average Bonchev–Trinajstić information content (AvgIpc) is 1.95. The van der Waals surface area contributed by atoms with Gasteiger partial charge in [0.25, 0.3) is 0 Å². The summed E-state index contributed by atoms with van der Waals surface area (Å²) >= 11 is 3.18. The molecule has 0 nitrogen and oxygen atoms in total. The topological polar surface area (TPSA) is 0 Å². The molecule has 1 aromatic carbocycles. The van der Waals surface area contributed by atoms with Gasteiger partial charge in [0.15, 0.2) is 0 Å². The van der Waals surface area contributed by atoms with Crippen molar-refractivity contribution >= 4 is 39.0 Å². The molecule has 0 spiro atoms. The van der Waals surface area contributed by atoms with Gasteiger partial charge in [0.2, 0.25) is 0 Å². The predicted octanol–water partition coefficient (Wildman–Crippen LogP) is 2.75. The molecule has 0 radical (unpaired) electrons. The largest absolute Gasteiger partial charge is 2.00 e. The fourth-order valence-electron chi connectivity index (χ4n) is 0.826. The molecule has 0 fully saturated rings. The molecule has 0 aliphatic rings. The van der Waals surface area contributed by atoms with Crippen LogP contribution in [0, 0.1) is 11.6 Å². The molecule has 0 aliphatic heterocycles. The van der Waals surface area contributed by atoms with Gasteiger partial charge < -0.3 is 2.85 Å². The summed E-state index contributed by atoms with van der Waals surface area (Å²) in [7, 11) is 0. The first-order chi connectivity index (χ1) is 5.24. The number of hydrogen-bond acceptors (Lipinski definition) is 0. The number of hydrogen-bond donors (Lipinski definition) is 0. The molecule has 0 unspecified atom stereocenters. The van der Waals surface area contributed by atoms with Crippen molar-refractivity contribution in [2.45, 2.75) is 6.42 Å². The average molecular weight is 247 g/mol. The van der Waals surface area contributed by atoms with Gasteiger partial charge >= 0.3 is 23.1 Å². The van der Waals surface area contributed by atoms with Crippen molar-refractivity contribution in [1.82, 2.24) is 0 Å². The Kier molecular flexibility index (Phi) is 6.04. The van der Waals surface area contributed by atoms with Gasteiger partial charge in [-0.1, -0.05) is 22.0 Å². The van der Waals surface area contributed by atoms with Crippen LogP contribution >= 0.6 is 15.9 Å². The van der Waals surface area contributed by atoms with Crippen LogP contribution in [0.15, 0.2) is 18.2 Å². The second-order valence-electron chi connectivity index (χ2n) is 2.17. The zero-order valence-electron chi connectivity index (χ0n) is 8.49. The van der Waals surface area contributed by atoms with Crippen LogP contribution in [0.25, 0.3) is 0 Å². The quantitative estimate of drug-likeness (QED) is 0.557. The van der Waals surface area contributed by atoms with E-state index in [4.69, 9.17) is 0 Å². The second-order valence-corrected chi connectivity index (χ2v) is 2.97. The summed E-state index contributed by atoms with van der Waals surface area (Å²) in [5.41, 5.74) is 0.545. The maximum Gasteiger partial charge on any atom is 2.00 e. The van der Waals surface area contributed by atoms with Crippen LogP contribution in [-0.2, 0) is 6.42 Å². The molecule has 1 rings (SSSR count). The second kappa shape index (κ2) is 5.88. The molecule has 0 saturated heterocycles. The van der Waals surface area contributed by atoms with Gasteiger partial charge in [0.05, 0.1) is 0 Å². The molecule has 0 atom stereocenters. The van der Waals surface area contributed by atoms with Gasteiger partial charge in [-0.15, -0.1) is 0 Å². The van der Waals surface area contributed by atoms with E-state index in [-0.39, 0.29) is 25.9 Å². The molecule has 64 valence electrons. The van der Waals surface area contributed by atoms with Crippen molar-refractivity contribution in [3.05, 3.63) is 35.4 Å². The summed E-state index contributed by atoms with van der Waals surface area (Å²) in [6.45, 7) is 0. The molecule has 0 aromatic heterocycles. The van der Waals surface area contributed by atoms with Crippen molar-refractivity contribution in [1.29, 1.82) is 0 Å². The van der Waals surface area contributed by atoms with E-state index in [1.165, 1.54) is 12.1 Å². The van der Waals surface area contributed by atoms with Crippen molar-refractivity contribution in [3.8, 4) is 0 Å². The number of rotatable bonds is 2. The molecule has 4 heteroatoms. The summed E-state index contributed by atoms with van der Waals surface area (Å²) < 4.78 is 25.1. The Morgan fingerprint density at radius 1 is 1.33 bits per heavy atom. The third-order valence-corrected chi connectivity index (χ3v) is 1.78. The minimum Gasteiger partial charge on any atom is -1.00 e. The van der Waals surface area contributed by atoms with E-state index in [1.54, 1.807) is 0 Å². The molecule has 0 bridgehead atoms. The molecule has 0 amide bonds. The standard InChI is InChI=1S/C8H7BrF2.Mg.2H/c9-4-3-6-1-2-7(10)5-8(6)11;;;/h1-2,5H,3-4H2;;;/q;+2;2*-1. The van der Waals surface area contributed by atoms with E-state index in [2.05, 4.69) is 15.9 Å². The molecule has 0 N–H and O–H groups in total. The Morgan fingerprint density at radius 2 is 2.00 bits per heavy atom. The zero-order chi connectivity index (χ0) is 8.27. The number of benzene rings is 1. The number of halogens is 3.